The van der Waals surface area contributed by atoms with Gasteiger partial charge in [0.15, 0.2) is 0 Å². The summed E-state index contributed by atoms with van der Waals surface area (Å²) in [5.41, 5.74) is 6.57. The van der Waals surface area contributed by atoms with E-state index < -0.39 is 0 Å². The van der Waals surface area contributed by atoms with E-state index >= 15 is 0 Å². The standard InChI is InChI=1S/C12H11N3S/c13-6-5-11-14-7-10-12(15-11)8-3-1-2-4-9(8)16-10/h1-4,7H,5-6,13H2. The van der Waals surface area contributed by atoms with Crippen molar-refractivity contribution in [2.75, 3.05) is 6.54 Å². The van der Waals surface area contributed by atoms with Crippen molar-refractivity contribution in [3.63, 3.8) is 0 Å². The van der Waals surface area contributed by atoms with E-state index in [1.807, 2.05) is 18.3 Å². The van der Waals surface area contributed by atoms with Crippen molar-refractivity contribution in [1.29, 1.82) is 0 Å². The normalized spacial score (nSPS) is 11.3. The number of benzene rings is 1. The Kier molecular flexibility index (Phi) is 2.31. The van der Waals surface area contributed by atoms with Gasteiger partial charge in [0.25, 0.3) is 0 Å². The minimum absolute atomic E-state index is 0.591. The van der Waals surface area contributed by atoms with Crippen LogP contribution in [0.5, 0.6) is 0 Å². The Bertz CT molecular complexity index is 645. The summed E-state index contributed by atoms with van der Waals surface area (Å²) >= 11 is 1.73. The minimum atomic E-state index is 0.591. The summed E-state index contributed by atoms with van der Waals surface area (Å²) in [7, 11) is 0. The number of fused-ring (bicyclic) bond motifs is 3. The molecule has 3 nitrogen and oxygen atoms in total. The third-order valence-corrected chi connectivity index (χ3v) is 3.63. The van der Waals surface area contributed by atoms with Gasteiger partial charge in [-0.3, -0.25) is 0 Å². The van der Waals surface area contributed by atoms with Gasteiger partial charge in [-0.05, 0) is 12.6 Å². The average molecular weight is 229 g/mol. The molecule has 0 amide bonds. The molecule has 0 saturated heterocycles. The lowest BCUT2D eigenvalue weighted by molar-refractivity contribution is 0.881. The summed E-state index contributed by atoms with van der Waals surface area (Å²) in [6, 6.07) is 8.31. The van der Waals surface area contributed by atoms with Gasteiger partial charge in [0, 0.05) is 22.7 Å². The molecule has 2 aromatic heterocycles. The molecule has 16 heavy (non-hydrogen) atoms. The molecule has 2 N–H and O–H groups in total. The second-order valence-corrected chi connectivity index (χ2v) is 4.72. The zero-order valence-corrected chi connectivity index (χ0v) is 9.50. The van der Waals surface area contributed by atoms with E-state index in [1.54, 1.807) is 11.3 Å². The van der Waals surface area contributed by atoms with E-state index in [0.29, 0.717) is 6.54 Å². The van der Waals surface area contributed by atoms with Gasteiger partial charge >= 0.3 is 0 Å². The monoisotopic (exact) mass is 229 g/mol. The zero-order chi connectivity index (χ0) is 11.0. The number of aromatic nitrogens is 2. The molecule has 1 aromatic carbocycles. The largest absolute Gasteiger partial charge is 0.330 e. The van der Waals surface area contributed by atoms with E-state index in [2.05, 4.69) is 22.1 Å². The summed E-state index contributed by atoms with van der Waals surface area (Å²) in [4.78, 5) is 8.88. The van der Waals surface area contributed by atoms with Gasteiger partial charge in [-0.1, -0.05) is 18.2 Å². The highest BCUT2D eigenvalue weighted by Gasteiger charge is 2.06. The molecule has 0 saturated carbocycles. The van der Waals surface area contributed by atoms with Crippen molar-refractivity contribution in [1.82, 2.24) is 9.97 Å². The van der Waals surface area contributed by atoms with Crippen molar-refractivity contribution in [3.8, 4) is 0 Å². The molecule has 0 aliphatic rings. The molecule has 2 heterocycles. The first-order chi connectivity index (χ1) is 7.88. The lowest BCUT2D eigenvalue weighted by atomic mass is 10.2. The SMILES string of the molecule is NCCc1ncc2sc3ccccc3c2n1. The molecule has 0 radical (unpaired) electrons. The Hall–Kier alpha value is -1.52. The third-order valence-electron chi connectivity index (χ3n) is 2.54. The first kappa shape index (κ1) is 9.69. The summed E-state index contributed by atoms with van der Waals surface area (Å²) in [6.45, 7) is 0.591. The molecule has 0 aliphatic carbocycles. The van der Waals surface area contributed by atoms with Crippen LogP contribution in [-0.4, -0.2) is 16.5 Å². The van der Waals surface area contributed by atoms with E-state index in [4.69, 9.17) is 5.73 Å². The van der Waals surface area contributed by atoms with Gasteiger partial charge in [0.2, 0.25) is 0 Å². The average Bonchev–Trinajstić information content (AvgIpc) is 2.68. The van der Waals surface area contributed by atoms with Crippen LogP contribution in [0, 0.1) is 0 Å². The first-order valence-electron chi connectivity index (χ1n) is 5.22. The quantitative estimate of drug-likeness (QED) is 0.733. The fourth-order valence-corrected chi connectivity index (χ4v) is 2.81. The van der Waals surface area contributed by atoms with Crippen LogP contribution in [0.3, 0.4) is 0 Å². The second-order valence-electron chi connectivity index (χ2n) is 3.64. The van der Waals surface area contributed by atoms with Gasteiger partial charge in [-0.2, -0.15) is 0 Å². The molecule has 4 heteroatoms. The van der Waals surface area contributed by atoms with Gasteiger partial charge < -0.3 is 5.73 Å². The number of rotatable bonds is 2. The minimum Gasteiger partial charge on any atom is -0.330 e. The van der Waals surface area contributed by atoms with Crippen LogP contribution >= 0.6 is 11.3 Å². The Labute approximate surface area is 96.9 Å². The summed E-state index contributed by atoms with van der Waals surface area (Å²) in [5.74, 6) is 0.832. The number of nitrogens with zero attached hydrogens (tertiary/aromatic N) is 2. The topological polar surface area (TPSA) is 51.8 Å². The maximum atomic E-state index is 5.52. The summed E-state index contributed by atoms with van der Waals surface area (Å²) < 4.78 is 2.40. The highest BCUT2D eigenvalue weighted by atomic mass is 32.1. The lowest BCUT2D eigenvalue weighted by Crippen LogP contribution is -2.05. The van der Waals surface area contributed by atoms with E-state index in [0.717, 1.165) is 22.5 Å². The molecule has 0 spiro atoms. The van der Waals surface area contributed by atoms with E-state index in [9.17, 15) is 0 Å². The van der Waals surface area contributed by atoms with Crippen molar-refractivity contribution < 1.29 is 0 Å². The van der Waals surface area contributed by atoms with Crippen LogP contribution < -0.4 is 5.73 Å². The Morgan fingerprint density at radius 2 is 2.06 bits per heavy atom. The van der Waals surface area contributed by atoms with Crippen molar-refractivity contribution in [3.05, 3.63) is 36.3 Å². The van der Waals surface area contributed by atoms with Crippen LogP contribution in [0.2, 0.25) is 0 Å². The van der Waals surface area contributed by atoms with Crippen LogP contribution in [0.4, 0.5) is 0 Å². The van der Waals surface area contributed by atoms with E-state index in [-0.39, 0.29) is 0 Å². The first-order valence-corrected chi connectivity index (χ1v) is 6.03. The smallest absolute Gasteiger partial charge is 0.130 e. The van der Waals surface area contributed by atoms with Crippen molar-refractivity contribution >= 4 is 31.6 Å². The number of thiophene rings is 1. The molecular formula is C12H11N3S. The third kappa shape index (κ3) is 1.47. The van der Waals surface area contributed by atoms with Crippen LogP contribution in [0.15, 0.2) is 30.5 Å². The van der Waals surface area contributed by atoms with Crippen molar-refractivity contribution in [2.45, 2.75) is 6.42 Å². The van der Waals surface area contributed by atoms with E-state index in [1.165, 1.54) is 10.1 Å². The van der Waals surface area contributed by atoms with Crippen LogP contribution in [-0.2, 0) is 6.42 Å². The maximum Gasteiger partial charge on any atom is 0.130 e. The molecule has 80 valence electrons. The van der Waals surface area contributed by atoms with Crippen LogP contribution in [0.25, 0.3) is 20.3 Å². The number of nitrogens with two attached hydrogens (primary N) is 1. The van der Waals surface area contributed by atoms with Gasteiger partial charge in [0.05, 0.1) is 10.2 Å². The van der Waals surface area contributed by atoms with Gasteiger partial charge in [-0.15, -0.1) is 11.3 Å². The molecule has 0 unspecified atom stereocenters. The van der Waals surface area contributed by atoms with Gasteiger partial charge in [0.1, 0.15) is 5.82 Å². The Balaban J connectivity index is 2.31. The molecule has 3 aromatic rings. The number of hydrogen-bond acceptors (Lipinski definition) is 4. The Morgan fingerprint density at radius 1 is 1.19 bits per heavy atom. The molecule has 0 aliphatic heterocycles. The molecule has 0 fully saturated rings. The lowest BCUT2D eigenvalue weighted by Gasteiger charge is -1.96. The molecule has 0 atom stereocenters. The fourth-order valence-electron chi connectivity index (χ4n) is 1.79. The predicted octanol–water partition coefficient (Wildman–Crippen LogP) is 2.35. The van der Waals surface area contributed by atoms with Gasteiger partial charge in [-0.25, -0.2) is 9.97 Å². The molecular weight excluding hydrogens is 218 g/mol. The molecule has 3 rings (SSSR count). The fraction of sp³-hybridized carbons (Fsp3) is 0.167. The maximum absolute atomic E-state index is 5.52. The van der Waals surface area contributed by atoms with Crippen molar-refractivity contribution in [2.24, 2.45) is 5.73 Å². The Morgan fingerprint density at radius 3 is 2.94 bits per heavy atom. The molecule has 0 bridgehead atoms. The highest BCUT2D eigenvalue weighted by Crippen LogP contribution is 2.31. The van der Waals surface area contributed by atoms with Crippen LogP contribution in [0.1, 0.15) is 5.82 Å². The summed E-state index contributed by atoms with van der Waals surface area (Å²) in [5, 5.41) is 1.21. The second kappa shape index (κ2) is 3.81. The predicted molar refractivity (Wildman–Crippen MR) is 67.7 cm³/mol. The highest BCUT2D eigenvalue weighted by molar-refractivity contribution is 7.25. The number of hydrogen-bond donors (Lipinski definition) is 1. The summed E-state index contributed by atoms with van der Waals surface area (Å²) in [6.07, 6.45) is 2.64. The zero-order valence-electron chi connectivity index (χ0n) is 8.68.